The lowest BCUT2D eigenvalue weighted by Gasteiger charge is -2.24. The number of ether oxygens (including phenoxy) is 2. The van der Waals surface area contributed by atoms with E-state index in [0.717, 1.165) is 30.2 Å². The number of nitrogens with zero attached hydrogens (tertiary/aromatic N) is 1. The minimum Gasteiger partial charge on any atom is -0.493 e. The van der Waals surface area contributed by atoms with Crippen LogP contribution in [0.4, 0.5) is 10.1 Å². The predicted octanol–water partition coefficient (Wildman–Crippen LogP) is 5.39. The first kappa shape index (κ1) is 24.2. The van der Waals surface area contributed by atoms with E-state index in [9.17, 15) is 14.0 Å². The smallest absolute Gasteiger partial charge is 0.266 e. The van der Waals surface area contributed by atoms with Gasteiger partial charge in [-0.1, -0.05) is 36.5 Å². The second kappa shape index (κ2) is 11.0. The van der Waals surface area contributed by atoms with Crippen LogP contribution >= 0.6 is 24.0 Å². The Morgan fingerprint density at radius 2 is 1.91 bits per heavy atom. The number of amides is 2. The third-order valence-corrected chi connectivity index (χ3v) is 7.01. The highest BCUT2D eigenvalue weighted by molar-refractivity contribution is 8.26. The van der Waals surface area contributed by atoms with Crippen LogP contribution < -0.4 is 14.8 Å². The molecule has 2 fully saturated rings. The molecule has 178 valence electrons. The third kappa shape index (κ3) is 5.95. The van der Waals surface area contributed by atoms with Crippen LogP contribution in [0, 0.1) is 5.82 Å². The number of nitrogens with one attached hydrogen (secondary N) is 1. The van der Waals surface area contributed by atoms with Crippen LogP contribution in [0.3, 0.4) is 0 Å². The van der Waals surface area contributed by atoms with E-state index in [-0.39, 0.29) is 18.6 Å². The van der Waals surface area contributed by atoms with Crippen LogP contribution in [0.25, 0.3) is 6.08 Å². The van der Waals surface area contributed by atoms with Crippen molar-refractivity contribution in [3.8, 4) is 11.5 Å². The quantitative estimate of drug-likeness (QED) is 0.406. The van der Waals surface area contributed by atoms with E-state index in [1.54, 1.807) is 13.2 Å². The molecule has 0 unspecified atom stereocenters. The number of anilines is 1. The molecule has 34 heavy (non-hydrogen) atoms. The number of methoxy groups -OCH3 is 1. The highest BCUT2D eigenvalue weighted by Gasteiger charge is 2.33. The molecule has 0 spiro atoms. The van der Waals surface area contributed by atoms with E-state index in [1.165, 1.54) is 48.4 Å². The molecule has 1 saturated carbocycles. The fourth-order valence-corrected chi connectivity index (χ4v) is 5.15. The summed E-state index contributed by atoms with van der Waals surface area (Å²) in [4.78, 5) is 26.9. The van der Waals surface area contributed by atoms with E-state index in [2.05, 4.69) is 5.32 Å². The molecule has 6 nitrogen and oxygen atoms in total. The Kier molecular flexibility index (Phi) is 7.84. The molecule has 2 aromatic carbocycles. The van der Waals surface area contributed by atoms with Crippen LogP contribution in [0.5, 0.6) is 11.5 Å². The standard InChI is InChI=1S/C25H25FN2O4S2/c1-31-21-13-16(7-12-20(21)32-19-5-3-2-4-6-19)14-22-24(30)28(25(33)34-22)15-23(29)27-18-10-8-17(26)9-11-18/h7-14,19H,2-6,15H2,1H3,(H,27,29)/b22-14-. The monoisotopic (exact) mass is 500 g/mol. The van der Waals surface area contributed by atoms with Gasteiger partial charge >= 0.3 is 0 Å². The van der Waals surface area contributed by atoms with E-state index in [0.29, 0.717) is 26.4 Å². The zero-order chi connectivity index (χ0) is 24.1. The maximum absolute atomic E-state index is 13.0. The average Bonchev–Trinajstić information content (AvgIpc) is 3.09. The summed E-state index contributed by atoms with van der Waals surface area (Å²) in [6.07, 6.45) is 7.62. The molecule has 1 aliphatic heterocycles. The molecule has 0 atom stereocenters. The van der Waals surface area contributed by atoms with Gasteiger partial charge in [0, 0.05) is 5.69 Å². The normalized spacial score (nSPS) is 17.8. The van der Waals surface area contributed by atoms with Gasteiger partial charge < -0.3 is 14.8 Å². The Bertz CT molecular complexity index is 1110. The summed E-state index contributed by atoms with van der Waals surface area (Å²) in [5.74, 6) is 0.135. The van der Waals surface area contributed by atoms with Gasteiger partial charge in [0.2, 0.25) is 5.91 Å². The molecule has 2 aromatic rings. The predicted molar refractivity (Wildman–Crippen MR) is 135 cm³/mol. The van der Waals surface area contributed by atoms with Crippen molar-refractivity contribution in [1.29, 1.82) is 0 Å². The van der Waals surface area contributed by atoms with E-state index >= 15 is 0 Å². The zero-order valence-corrected chi connectivity index (χ0v) is 20.3. The lowest BCUT2D eigenvalue weighted by atomic mass is 9.98. The largest absolute Gasteiger partial charge is 0.493 e. The fourth-order valence-electron chi connectivity index (χ4n) is 3.90. The Hall–Kier alpha value is -2.91. The SMILES string of the molecule is COc1cc(/C=C2\SC(=S)N(CC(=O)Nc3ccc(F)cc3)C2=O)ccc1OC1CCCCC1. The molecule has 9 heteroatoms. The van der Waals surface area contributed by atoms with Crippen LogP contribution in [0.15, 0.2) is 47.4 Å². The van der Waals surface area contributed by atoms with Gasteiger partial charge in [0.1, 0.15) is 16.7 Å². The second-order valence-electron chi connectivity index (χ2n) is 8.11. The Balaban J connectivity index is 1.42. The number of thioether (sulfide) groups is 1. The van der Waals surface area contributed by atoms with Gasteiger partial charge in [-0.3, -0.25) is 14.5 Å². The number of hydrogen-bond donors (Lipinski definition) is 1. The number of thiocarbonyl (C=S) groups is 1. The minimum absolute atomic E-state index is 0.200. The maximum atomic E-state index is 13.0. The number of carbonyl (C=O) groups excluding carboxylic acids is 2. The molecule has 1 N–H and O–H groups in total. The summed E-state index contributed by atoms with van der Waals surface area (Å²) < 4.78 is 25.0. The molecule has 4 rings (SSSR count). The van der Waals surface area contributed by atoms with Gasteiger partial charge in [0.25, 0.3) is 5.91 Å². The average molecular weight is 501 g/mol. The maximum Gasteiger partial charge on any atom is 0.266 e. The Morgan fingerprint density at radius 3 is 2.62 bits per heavy atom. The summed E-state index contributed by atoms with van der Waals surface area (Å²) in [5, 5.41) is 2.64. The second-order valence-corrected chi connectivity index (χ2v) is 9.79. The first-order valence-electron chi connectivity index (χ1n) is 11.1. The highest BCUT2D eigenvalue weighted by Crippen LogP contribution is 2.36. The van der Waals surface area contributed by atoms with Gasteiger partial charge in [-0.25, -0.2) is 4.39 Å². The third-order valence-electron chi connectivity index (χ3n) is 5.63. The van der Waals surface area contributed by atoms with Crippen molar-refractivity contribution in [2.45, 2.75) is 38.2 Å². The van der Waals surface area contributed by atoms with Crippen molar-refractivity contribution >= 4 is 51.9 Å². The molecule has 1 aliphatic carbocycles. The first-order chi connectivity index (χ1) is 16.4. The van der Waals surface area contributed by atoms with Gasteiger partial charge in [-0.2, -0.15) is 0 Å². The van der Waals surface area contributed by atoms with Crippen LogP contribution in [0.2, 0.25) is 0 Å². The number of carbonyl (C=O) groups is 2. The lowest BCUT2D eigenvalue weighted by Crippen LogP contribution is -2.36. The topological polar surface area (TPSA) is 67.9 Å². The van der Waals surface area contributed by atoms with E-state index < -0.39 is 11.7 Å². The van der Waals surface area contributed by atoms with Gasteiger partial charge in [-0.05, 0) is 73.7 Å². The van der Waals surface area contributed by atoms with Crippen molar-refractivity contribution in [2.75, 3.05) is 19.0 Å². The summed E-state index contributed by atoms with van der Waals surface area (Å²) >= 11 is 6.46. The van der Waals surface area contributed by atoms with E-state index in [4.69, 9.17) is 21.7 Å². The molecule has 0 bridgehead atoms. The van der Waals surface area contributed by atoms with Crippen LogP contribution in [-0.2, 0) is 9.59 Å². The summed E-state index contributed by atoms with van der Waals surface area (Å²) in [5.41, 5.74) is 1.21. The summed E-state index contributed by atoms with van der Waals surface area (Å²) in [6, 6.07) is 10.9. The van der Waals surface area contributed by atoms with Crippen molar-refractivity contribution in [2.24, 2.45) is 0 Å². The number of hydrogen-bond acceptors (Lipinski definition) is 6. The summed E-state index contributed by atoms with van der Waals surface area (Å²) in [6.45, 7) is -0.225. The molecule has 2 amide bonds. The van der Waals surface area contributed by atoms with Gasteiger partial charge in [0.05, 0.1) is 18.1 Å². The van der Waals surface area contributed by atoms with Crippen molar-refractivity contribution in [1.82, 2.24) is 4.90 Å². The molecular weight excluding hydrogens is 475 g/mol. The highest BCUT2D eigenvalue weighted by atomic mass is 32.2. The molecule has 1 heterocycles. The molecular formula is C25H25FN2O4S2. The zero-order valence-electron chi connectivity index (χ0n) is 18.7. The number of rotatable bonds is 7. The minimum atomic E-state index is -0.421. The molecule has 1 saturated heterocycles. The van der Waals surface area contributed by atoms with Crippen LogP contribution in [-0.4, -0.2) is 40.8 Å². The Morgan fingerprint density at radius 1 is 1.18 bits per heavy atom. The van der Waals surface area contributed by atoms with E-state index in [1.807, 2.05) is 18.2 Å². The fraction of sp³-hybridized carbons (Fsp3) is 0.320. The number of halogens is 1. The Labute approximate surface area is 207 Å². The van der Waals surface area contributed by atoms with Crippen molar-refractivity contribution in [3.05, 3.63) is 58.8 Å². The van der Waals surface area contributed by atoms with Crippen LogP contribution in [0.1, 0.15) is 37.7 Å². The van der Waals surface area contributed by atoms with Crippen molar-refractivity contribution in [3.63, 3.8) is 0 Å². The first-order valence-corrected chi connectivity index (χ1v) is 12.3. The lowest BCUT2D eigenvalue weighted by molar-refractivity contribution is -0.126. The molecule has 2 aliphatic rings. The van der Waals surface area contributed by atoms with Gasteiger partial charge in [0.15, 0.2) is 11.5 Å². The van der Waals surface area contributed by atoms with Crippen molar-refractivity contribution < 1.29 is 23.5 Å². The summed E-state index contributed by atoms with van der Waals surface area (Å²) in [7, 11) is 1.59. The molecule has 0 radical (unpaired) electrons. The number of benzene rings is 2. The van der Waals surface area contributed by atoms with Gasteiger partial charge in [-0.15, -0.1) is 0 Å². The molecule has 0 aromatic heterocycles.